The van der Waals surface area contributed by atoms with Crippen molar-refractivity contribution in [1.82, 2.24) is 9.80 Å². The molecule has 0 unspecified atom stereocenters. The molecule has 0 bridgehead atoms. The highest BCUT2D eigenvalue weighted by molar-refractivity contribution is 7.99. The van der Waals surface area contributed by atoms with Crippen molar-refractivity contribution in [1.29, 1.82) is 0 Å². The zero-order chi connectivity index (χ0) is 16.4. The third-order valence-corrected chi connectivity index (χ3v) is 4.85. The minimum atomic E-state index is -0.389. The van der Waals surface area contributed by atoms with Gasteiger partial charge in [0.25, 0.3) is 5.91 Å². The lowest BCUT2D eigenvalue weighted by Gasteiger charge is -2.25. The molecule has 6 heteroatoms. The zero-order valence-electron chi connectivity index (χ0n) is 13.1. The number of likely N-dealkylation sites (N-methyl/N-ethyl adjacent to an activating group) is 1. The Morgan fingerprint density at radius 2 is 2.09 bits per heavy atom. The van der Waals surface area contributed by atoms with Crippen LogP contribution in [-0.4, -0.2) is 53.4 Å². The van der Waals surface area contributed by atoms with Crippen molar-refractivity contribution in [3.63, 3.8) is 0 Å². The third-order valence-electron chi connectivity index (χ3n) is 3.83. The summed E-state index contributed by atoms with van der Waals surface area (Å²) in [5, 5.41) is 0. The lowest BCUT2D eigenvalue weighted by atomic mass is 10.0. The van der Waals surface area contributed by atoms with E-state index in [1.807, 2.05) is 24.3 Å². The number of rotatable bonds is 3. The van der Waals surface area contributed by atoms with Crippen LogP contribution < -0.4 is 0 Å². The van der Waals surface area contributed by atoms with E-state index in [1.54, 1.807) is 54.2 Å². The monoisotopic (exact) mass is 330 g/mol. The largest absolute Gasteiger partial charge is 0.472 e. The van der Waals surface area contributed by atoms with E-state index >= 15 is 0 Å². The van der Waals surface area contributed by atoms with Crippen molar-refractivity contribution in [3.05, 3.63) is 48.4 Å². The molecule has 1 aromatic heterocycles. The van der Waals surface area contributed by atoms with Crippen LogP contribution in [0.1, 0.15) is 10.4 Å². The van der Waals surface area contributed by atoms with Gasteiger partial charge in [-0.25, -0.2) is 0 Å². The first-order valence-electron chi connectivity index (χ1n) is 7.30. The Bertz CT molecular complexity index is 712. The van der Waals surface area contributed by atoms with E-state index in [0.717, 1.165) is 11.1 Å². The van der Waals surface area contributed by atoms with E-state index in [0.29, 0.717) is 17.2 Å². The summed E-state index contributed by atoms with van der Waals surface area (Å²) in [7, 11) is 3.43. The van der Waals surface area contributed by atoms with Crippen molar-refractivity contribution < 1.29 is 14.0 Å². The van der Waals surface area contributed by atoms with Gasteiger partial charge < -0.3 is 14.2 Å². The number of thioether (sulfide) groups is 1. The summed E-state index contributed by atoms with van der Waals surface area (Å²) in [5.74, 6) is 1.04. The minimum absolute atomic E-state index is 0.0330. The van der Waals surface area contributed by atoms with Gasteiger partial charge in [-0.1, -0.05) is 12.1 Å². The maximum Gasteiger partial charge on any atom is 0.255 e. The van der Waals surface area contributed by atoms with Crippen LogP contribution >= 0.6 is 11.8 Å². The zero-order valence-corrected chi connectivity index (χ0v) is 13.9. The first-order chi connectivity index (χ1) is 11.1. The van der Waals surface area contributed by atoms with Crippen LogP contribution in [0.4, 0.5) is 0 Å². The highest BCUT2D eigenvalue weighted by Gasteiger charge is 2.35. The molecule has 1 aromatic carbocycles. The number of carbonyl (C=O) groups excluding carboxylic acids is 2. The number of hydrogen-bond acceptors (Lipinski definition) is 4. The van der Waals surface area contributed by atoms with Crippen LogP contribution in [0, 0.1) is 0 Å². The van der Waals surface area contributed by atoms with Crippen LogP contribution in [0.15, 0.2) is 47.3 Å². The van der Waals surface area contributed by atoms with Crippen molar-refractivity contribution >= 4 is 23.6 Å². The first kappa shape index (κ1) is 15.7. The molecule has 1 saturated heterocycles. The SMILES string of the molecule is CN(C)C(=O)[C@H]1CSCN1C(=O)c1cccc(-c2ccoc2)c1. The standard InChI is InChI=1S/C17H18N2O3S/c1-18(2)17(21)15-10-23-11-19(15)16(20)13-5-3-4-12(8-13)14-6-7-22-9-14/h3-9,15H,10-11H2,1-2H3/t15-/m1/s1. The van der Waals surface area contributed by atoms with Crippen molar-refractivity contribution in [3.8, 4) is 11.1 Å². The molecule has 2 amide bonds. The molecule has 0 N–H and O–H groups in total. The van der Waals surface area contributed by atoms with Crippen molar-refractivity contribution in [2.45, 2.75) is 6.04 Å². The predicted octanol–water partition coefficient (Wildman–Crippen LogP) is 2.55. The quantitative estimate of drug-likeness (QED) is 0.868. The van der Waals surface area contributed by atoms with Crippen LogP contribution in [0.5, 0.6) is 0 Å². The van der Waals surface area contributed by atoms with Gasteiger partial charge in [0.05, 0.1) is 18.4 Å². The Hall–Kier alpha value is -2.21. The molecule has 0 aliphatic carbocycles. The van der Waals surface area contributed by atoms with Crippen molar-refractivity contribution in [2.24, 2.45) is 0 Å². The van der Waals surface area contributed by atoms with Crippen molar-refractivity contribution in [2.75, 3.05) is 25.7 Å². The average molecular weight is 330 g/mol. The maximum absolute atomic E-state index is 12.8. The molecule has 1 fully saturated rings. The van der Waals surface area contributed by atoms with E-state index < -0.39 is 0 Å². The maximum atomic E-state index is 12.8. The number of furan rings is 1. The van der Waals surface area contributed by atoms with Gasteiger partial charge in [0, 0.05) is 31.0 Å². The number of benzene rings is 1. The smallest absolute Gasteiger partial charge is 0.255 e. The van der Waals surface area contributed by atoms with Crippen LogP contribution in [0.3, 0.4) is 0 Å². The Kier molecular flexibility index (Phi) is 4.43. The Balaban J connectivity index is 1.85. The fourth-order valence-corrected chi connectivity index (χ4v) is 3.72. The topological polar surface area (TPSA) is 53.8 Å². The molecule has 3 rings (SSSR count). The van der Waals surface area contributed by atoms with E-state index in [2.05, 4.69) is 0 Å². The Morgan fingerprint density at radius 1 is 1.26 bits per heavy atom. The van der Waals surface area contributed by atoms with Crippen LogP contribution in [-0.2, 0) is 4.79 Å². The molecular formula is C17H18N2O3S. The predicted molar refractivity (Wildman–Crippen MR) is 90.1 cm³/mol. The summed E-state index contributed by atoms with van der Waals surface area (Å²) in [4.78, 5) is 28.3. The van der Waals surface area contributed by atoms with Gasteiger partial charge in [-0.3, -0.25) is 9.59 Å². The molecule has 0 saturated carbocycles. The van der Waals surface area contributed by atoms with Crippen LogP contribution in [0.25, 0.3) is 11.1 Å². The average Bonchev–Trinajstić information content (AvgIpc) is 3.24. The summed E-state index contributed by atoms with van der Waals surface area (Å²) in [5.41, 5.74) is 2.44. The lowest BCUT2D eigenvalue weighted by molar-refractivity contribution is -0.132. The molecule has 120 valence electrons. The van der Waals surface area contributed by atoms with Gasteiger partial charge in [0.2, 0.25) is 5.91 Å². The molecule has 0 radical (unpaired) electrons. The number of hydrogen-bond donors (Lipinski definition) is 0. The summed E-state index contributed by atoms with van der Waals surface area (Å²) in [6, 6.07) is 8.87. The fraction of sp³-hybridized carbons (Fsp3) is 0.294. The van der Waals surface area contributed by atoms with Gasteiger partial charge >= 0.3 is 0 Å². The molecule has 0 spiro atoms. The second-order valence-electron chi connectivity index (χ2n) is 5.62. The second kappa shape index (κ2) is 6.50. The molecule has 1 aliphatic heterocycles. The summed E-state index contributed by atoms with van der Waals surface area (Å²) in [6.45, 7) is 0. The highest BCUT2D eigenvalue weighted by atomic mass is 32.2. The van der Waals surface area contributed by atoms with E-state index in [-0.39, 0.29) is 17.9 Å². The number of carbonyl (C=O) groups is 2. The Labute approximate surface area is 139 Å². The molecular weight excluding hydrogens is 312 g/mol. The highest BCUT2D eigenvalue weighted by Crippen LogP contribution is 2.26. The van der Waals surface area contributed by atoms with E-state index in [9.17, 15) is 9.59 Å². The fourth-order valence-electron chi connectivity index (χ4n) is 2.57. The lowest BCUT2D eigenvalue weighted by Crippen LogP contribution is -2.46. The van der Waals surface area contributed by atoms with Gasteiger partial charge in [-0.05, 0) is 23.8 Å². The first-order valence-corrected chi connectivity index (χ1v) is 8.46. The summed E-state index contributed by atoms with van der Waals surface area (Å²) >= 11 is 1.60. The molecule has 2 heterocycles. The molecule has 1 aliphatic rings. The normalized spacial score (nSPS) is 17.3. The molecule has 5 nitrogen and oxygen atoms in total. The van der Waals surface area contributed by atoms with Crippen LogP contribution in [0.2, 0.25) is 0 Å². The van der Waals surface area contributed by atoms with E-state index in [1.165, 1.54) is 0 Å². The number of amides is 2. The third kappa shape index (κ3) is 3.12. The molecule has 23 heavy (non-hydrogen) atoms. The minimum Gasteiger partial charge on any atom is -0.472 e. The van der Waals surface area contributed by atoms with E-state index in [4.69, 9.17) is 4.42 Å². The summed E-state index contributed by atoms with van der Waals surface area (Å²) in [6.07, 6.45) is 3.25. The summed E-state index contributed by atoms with van der Waals surface area (Å²) < 4.78 is 5.10. The second-order valence-corrected chi connectivity index (χ2v) is 6.62. The van der Waals surface area contributed by atoms with Gasteiger partial charge in [-0.2, -0.15) is 0 Å². The number of nitrogens with zero attached hydrogens (tertiary/aromatic N) is 2. The van der Waals surface area contributed by atoms with Gasteiger partial charge in [0.1, 0.15) is 6.04 Å². The van der Waals surface area contributed by atoms with Gasteiger partial charge in [-0.15, -0.1) is 11.8 Å². The van der Waals surface area contributed by atoms with Gasteiger partial charge in [0.15, 0.2) is 0 Å². The molecule has 2 aromatic rings. The Morgan fingerprint density at radius 3 is 2.78 bits per heavy atom. The molecule has 1 atom stereocenters.